The zero-order valence-corrected chi connectivity index (χ0v) is 12.9. The van der Waals surface area contributed by atoms with E-state index in [-0.39, 0.29) is 29.9 Å². The summed E-state index contributed by atoms with van der Waals surface area (Å²) in [7, 11) is 0. The van der Waals surface area contributed by atoms with Gasteiger partial charge < -0.3 is 21.1 Å². The third-order valence-electron chi connectivity index (χ3n) is 3.09. The van der Waals surface area contributed by atoms with E-state index in [0.717, 1.165) is 12.8 Å². The predicted octanol–water partition coefficient (Wildman–Crippen LogP) is 1.84. The van der Waals surface area contributed by atoms with Crippen molar-refractivity contribution in [2.45, 2.75) is 51.8 Å². The number of nitrogens with one attached hydrogen (secondary N) is 2. The number of amides is 1. The Morgan fingerprint density at radius 2 is 2.30 bits per heavy atom. The average molecular weight is 298 g/mol. The number of hydrogen-bond acceptors (Lipinski definition) is 6. The molecule has 0 radical (unpaired) electrons. The van der Waals surface area contributed by atoms with E-state index in [2.05, 4.69) is 15.6 Å². The summed E-state index contributed by atoms with van der Waals surface area (Å²) >= 11 is 1.29. The van der Waals surface area contributed by atoms with Gasteiger partial charge in [-0.05, 0) is 33.6 Å². The Bertz CT molecular complexity index is 475. The summed E-state index contributed by atoms with van der Waals surface area (Å²) in [6, 6.07) is 0.405. The van der Waals surface area contributed by atoms with Crippen LogP contribution in [0.1, 0.15) is 43.3 Å². The van der Waals surface area contributed by atoms with E-state index >= 15 is 0 Å². The highest BCUT2D eigenvalue weighted by Crippen LogP contribution is 2.26. The third-order valence-corrected chi connectivity index (χ3v) is 4.09. The molecular weight excluding hydrogens is 276 g/mol. The molecule has 2 unspecified atom stereocenters. The van der Waals surface area contributed by atoms with Gasteiger partial charge in [0.2, 0.25) is 0 Å². The summed E-state index contributed by atoms with van der Waals surface area (Å²) in [6.45, 7) is 6.73. The van der Waals surface area contributed by atoms with E-state index in [4.69, 9.17) is 10.5 Å². The minimum Gasteiger partial charge on any atom is -0.382 e. The van der Waals surface area contributed by atoms with Crippen molar-refractivity contribution in [3.8, 4) is 0 Å². The predicted molar refractivity (Wildman–Crippen MR) is 81.2 cm³/mol. The first kappa shape index (κ1) is 15.1. The van der Waals surface area contributed by atoms with Crippen molar-refractivity contribution >= 4 is 28.2 Å². The number of nitrogens with zero attached hydrogens (tertiary/aromatic N) is 1. The summed E-state index contributed by atoms with van der Waals surface area (Å²) in [5.41, 5.74) is 5.82. The summed E-state index contributed by atoms with van der Waals surface area (Å²) in [6.07, 6.45) is 1.86. The molecule has 2 heterocycles. The number of nitrogens with two attached hydrogens (primary N) is 1. The largest absolute Gasteiger partial charge is 0.382 e. The van der Waals surface area contributed by atoms with Gasteiger partial charge in [0.15, 0.2) is 5.13 Å². The molecule has 6 nitrogen and oxygen atoms in total. The van der Waals surface area contributed by atoms with Crippen molar-refractivity contribution in [1.29, 1.82) is 0 Å². The first-order valence-corrected chi connectivity index (χ1v) is 7.72. The first-order chi connectivity index (χ1) is 9.45. The summed E-state index contributed by atoms with van der Waals surface area (Å²) in [4.78, 5) is 16.9. The third kappa shape index (κ3) is 3.83. The minimum atomic E-state index is -0.143. The second kappa shape index (κ2) is 6.41. The SMILES string of the molecule is CC(C)Nc1nc(N)c(C(=O)NC2CCOC(C)C2)s1. The Morgan fingerprint density at radius 1 is 1.55 bits per heavy atom. The molecule has 0 aromatic carbocycles. The van der Waals surface area contributed by atoms with Crippen LogP contribution in [-0.2, 0) is 4.74 Å². The lowest BCUT2D eigenvalue weighted by Crippen LogP contribution is -2.41. The van der Waals surface area contributed by atoms with Gasteiger partial charge in [0.1, 0.15) is 10.7 Å². The molecule has 112 valence electrons. The van der Waals surface area contributed by atoms with Crippen molar-refractivity contribution in [1.82, 2.24) is 10.3 Å². The second-order valence-corrected chi connectivity index (χ2v) is 6.41. The van der Waals surface area contributed by atoms with Crippen molar-refractivity contribution in [2.75, 3.05) is 17.7 Å². The summed E-state index contributed by atoms with van der Waals surface area (Å²) in [5, 5.41) is 6.86. The molecule has 0 saturated carbocycles. The zero-order valence-electron chi connectivity index (χ0n) is 12.1. The summed E-state index contributed by atoms with van der Waals surface area (Å²) < 4.78 is 5.47. The molecule has 1 aliphatic rings. The van der Waals surface area contributed by atoms with Gasteiger partial charge in [-0.15, -0.1) is 0 Å². The van der Waals surface area contributed by atoms with Gasteiger partial charge in [0.05, 0.1) is 6.10 Å². The average Bonchev–Trinajstić information content (AvgIpc) is 2.69. The van der Waals surface area contributed by atoms with Crippen LogP contribution in [0.5, 0.6) is 0 Å². The molecule has 0 bridgehead atoms. The highest BCUT2D eigenvalue weighted by Gasteiger charge is 2.24. The maximum absolute atomic E-state index is 12.3. The molecule has 0 aliphatic carbocycles. The number of carbonyl (C=O) groups is 1. The Kier molecular flexibility index (Phi) is 4.82. The Hall–Kier alpha value is -1.34. The number of anilines is 2. The molecule has 0 spiro atoms. The monoisotopic (exact) mass is 298 g/mol. The van der Waals surface area contributed by atoms with Crippen molar-refractivity contribution in [3.63, 3.8) is 0 Å². The number of ether oxygens (including phenoxy) is 1. The van der Waals surface area contributed by atoms with E-state index in [1.54, 1.807) is 0 Å². The van der Waals surface area contributed by atoms with Crippen LogP contribution in [0, 0.1) is 0 Å². The van der Waals surface area contributed by atoms with Gasteiger partial charge in [-0.1, -0.05) is 11.3 Å². The van der Waals surface area contributed by atoms with Gasteiger partial charge in [0.25, 0.3) is 5.91 Å². The van der Waals surface area contributed by atoms with Crippen LogP contribution in [0.25, 0.3) is 0 Å². The maximum atomic E-state index is 12.3. The van der Waals surface area contributed by atoms with Crippen LogP contribution in [-0.4, -0.2) is 35.7 Å². The molecular formula is C13H22N4O2S. The zero-order chi connectivity index (χ0) is 14.7. The van der Waals surface area contributed by atoms with Crippen LogP contribution >= 0.6 is 11.3 Å². The lowest BCUT2D eigenvalue weighted by atomic mass is 10.0. The fraction of sp³-hybridized carbons (Fsp3) is 0.692. The molecule has 1 aromatic heterocycles. The fourth-order valence-electron chi connectivity index (χ4n) is 2.18. The fourth-order valence-corrected chi connectivity index (χ4v) is 3.12. The minimum absolute atomic E-state index is 0.143. The van der Waals surface area contributed by atoms with E-state index in [1.165, 1.54) is 11.3 Å². The van der Waals surface area contributed by atoms with Crippen molar-refractivity contribution in [3.05, 3.63) is 4.88 Å². The number of nitrogen functional groups attached to an aromatic ring is 1. The molecule has 4 N–H and O–H groups in total. The number of hydrogen-bond donors (Lipinski definition) is 3. The molecule has 1 aliphatic heterocycles. The standard InChI is InChI=1S/C13H22N4O2S/c1-7(2)15-13-17-11(14)10(20-13)12(18)16-9-4-5-19-8(3)6-9/h7-9H,4-6,14H2,1-3H3,(H,15,17)(H,16,18). The van der Waals surface area contributed by atoms with Gasteiger partial charge in [-0.3, -0.25) is 4.79 Å². The van der Waals surface area contributed by atoms with Crippen molar-refractivity contribution < 1.29 is 9.53 Å². The lowest BCUT2D eigenvalue weighted by Gasteiger charge is -2.27. The maximum Gasteiger partial charge on any atom is 0.265 e. The molecule has 7 heteroatoms. The summed E-state index contributed by atoms with van der Waals surface area (Å²) in [5.74, 6) is 0.145. The van der Waals surface area contributed by atoms with E-state index in [1.807, 2.05) is 20.8 Å². The lowest BCUT2D eigenvalue weighted by molar-refractivity contribution is 0.0137. The van der Waals surface area contributed by atoms with Gasteiger partial charge in [-0.25, -0.2) is 4.98 Å². The molecule has 2 rings (SSSR count). The number of thiazole rings is 1. The Morgan fingerprint density at radius 3 is 2.95 bits per heavy atom. The Balaban J connectivity index is 1.99. The second-order valence-electron chi connectivity index (χ2n) is 5.41. The molecule has 1 aromatic rings. The van der Waals surface area contributed by atoms with Crippen LogP contribution in [0.2, 0.25) is 0 Å². The van der Waals surface area contributed by atoms with E-state index in [9.17, 15) is 4.79 Å². The highest BCUT2D eigenvalue weighted by atomic mass is 32.1. The number of carbonyl (C=O) groups excluding carboxylic acids is 1. The molecule has 1 fully saturated rings. The van der Waals surface area contributed by atoms with Crippen molar-refractivity contribution in [2.24, 2.45) is 0 Å². The van der Waals surface area contributed by atoms with Crippen LogP contribution < -0.4 is 16.4 Å². The van der Waals surface area contributed by atoms with Crippen LogP contribution in [0.4, 0.5) is 10.9 Å². The van der Waals surface area contributed by atoms with E-state index in [0.29, 0.717) is 16.6 Å². The van der Waals surface area contributed by atoms with Crippen LogP contribution in [0.15, 0.2) is 0 Å². The molecule has 2 atom stereocenters. The number of rotatable bonds is 4. The normalized spacial score (nSPS) is 22.8. The Labute approximate surface area is 123 Å². The first-order valence-electron chi connectivity index (χ1n) is 6.91. The van der Waals surface area contributed by atoms with E-state index < -0.39 is 0 Å². The van der Waals surface area contributed by atoms with Crippen LogP contribution in [0.3, 0.4) is 0 Å². The van der Waals surface area contributed by atoms with Gasteiger partial charge in [-0.2, -0.15) is 0 Å². The highest BCUT2D eigenvalue weighted by molar-refractivity contribution is 7.18. The number of aromatic nitrogens is 1. The van der Waals surface area contributed by atoms with Gasteiger partial charge >= 0.3 is 0 Å². The van der Waals surface area contributed by atoms with Gasteiger partial charge in [0, 0.05) is 18.7 Å². The smallest absolute Gasteiger partial charge is 0.265 e. The quantitative estimate of drug-likeness (QED) is 0.789. The topological polar surface area (TPSA) is 89.3 Å². The molecule has 1 saturated heterocycles. The molecule has 20 heavy (non-hydrogen) atoms. The molecule has 1 amide bonds.